The summed E-state index contributed by atoms with van der Waals surface area (Å²) in [7, 11) is -1.64. The van der Waals surface area contributed by atoms with Gasteiger partial charge in [-0.3, -0.25) is 4.57 Å². The maximum Gasteiger partial charge on any atom is 0.149 e. The molecule has 0 N–H and O–H groups in total. The van der Waals surface area contributed by atoms with Crippen molar-refractivity contribution in [2.75, 3.05) is 0 Å². The summed E-state index contributed by atoms with van der Waals surface area (Å²) in [6, 6.07) is 44.8. The zero-order valence-electron chi connectivity index (χ0n) is 34.5. The Morgan fingerprint density at radius 1 is 0.607 bits per heavy atom. The minimum absolute atomic E-state index is 0.108. The van der Waals surface area contributed by atoms with Gasteiger partial charge < -0.3 is 4.42 Å². The van der Waals surface area contributed by atoms with Gasteiger partial charge in [0.15, 0.2) is 0 Å². The molecule has 4 heteroatoms. The van der Waals surface area contributed by atoms with Crippen LogP contribution in [-0.2, 0) is 5.41 Å². The monoisotopic (exact) mass is 748 g/mol. The summed E-state index contributed by atoms with van der Waals surface area (Å²) < 4.78 is 9.53. The molecule has 0 aliphatic heterocycles. The van der Waals surface area contributed by atoms with Crippen LogP contribution in [0.1, 0.15) is 77.0 Å². The van der Waals surface area contributed by atoms with E-state index in [1.807, 2.05) is 0 Å². The molecule has 9 rings (SSSR count). The Balaban J connectivity index is 1.42. The average molecular weight is 749 g/mol. The first-order valence-electron chi connectivity index (χ1n) is 20.3. The van der Waals surface area contributed by atoms with Crippen LogP contribution in [-0.4, -0.2) is 17.6 Å². The molecule has 2 aromatic heterocycles. The van der Waals surface area contributed by atoms with Crippen LogP contribution < -0.4 is 5.19 Å². The molecule has 2 heterocycles. The van der Waals surface area contributed by atoms with Crippen molar-refractivity contribution < 1.29 is 4.42 Å². The predicted octanol–water partition coefficient (Wildman–Crippen LogP) is 14.7. The lowest BCUT2D eigenvalue weighted by molar-refractivity contribution is 0.592. The van der Waals surface area contributed by atoms with Gasteiger partial charge in [-0.15, -0.1) is 0 Å². The van der Waals surface area contributed by atoms with Crippen LogP contribution in [0.3, 0.4) is 0 Å². The zero-order valence-corrected chi connectivity index (χ0v) is 35.5. The summed E-state index contributed by atoms with van der Waals surface area (Å²) in [5, 5.41) is 8.62. The van der Waals surface area contributed by atoms with Crippen LogP contribution in [0.25, 0.3) is 82.7 Å². The highest BCUT2D eigenvalue weighted by molar-refractivity contribution is 6.88. The molecular weight excluding hydrogens is 697 g/mol. The topological polar surface area (TPSA) is 31.0 Å². The summed E-state index contributed by atoms with van der Waals surface area (Å²) in [6.07, 6.45) is 0. The van der Waals surface area contributed by atoms with Crippen molar-refractivity contribution >= 4 is 67.8 Å². The molecule has 0 aliphatic rings. The van der Waals surface area contributed by atoms with E-state index in [0.717, 1.165) is 44.4 Å². The van der Waals surface area contributed by atoms with Gasteiger partial charge in [0, 0.05) is 10.8 Å². The number of aromatic nitrogens is 2. The molecule has 280 valence electrons. The van der Waals surface area contributed by atoms with Crippen LogP contribution >= 0.6 is 0 Å². The molecule has 0 spiro atoms. The van der Waals surface area contributed by atoms with Gasteiger partial charge in [0.1, 0.15) is 17.0 Å². The smallest absolute Gasteiger partial charge is 0.149 e. The lowest BCUT2D eigenvalue weighted by atomic mass is 9.81. The maximum atomic E-state index is 7.02. The summed E-state index contributed by atoms with van der Waals surface area (Å²) >= 11 is 0. The number of hydrogen-bond acceptors (Lipinski definition) is 2. The largest absolute Gasteiger partial charge is 0.455 e. The first-order chi connectivity index (χ1) is 26.7. The highest BCUT2D eigenvalue weighted by Crippen LogP contribution is 2.44. The molecule has 0 fully saturated rings. The normalized spacial score (nSPS) is 12.8. The fourth-order valence-corrected chi connectivity index (χ4v) is 9.91. The van der Waals surface area contributed by atoms with Crippen molar-refractivity contribution in [3.8, 4) is 28.2 Å². The number of para-hydroxylation sites is 1. The molecule has 7 aromatic carbocycles. The van der Waals surface area contributed by atoms with Crippen LogP contribution in [0.4, 0.5) is 0 Å². The van der Waals surface area contributed by atoms with E-state index in [2.05, 4.69) is 194 Å². The molecule has 0 atom stereocenters. The molecule has 0 aliphatic carbocycles. The molecule has 9 aromatic rings. The SMILES string of the molecule is CC(C)c1cc([Si](C)(C)C)cc(C(C)C)c1-n1c(-c2cccc3c2oc2cc4c(ccc5ccccc54)cc23)nc2cc(-c3ccccc3)c(C(C)(C)C)cc21. The highest BCUT2D eigenvalue weighted by Gasteiger charge is 2.29. The first-order valence-corrected chi connectivity index (χ1v) is 23.8. The Morgan fingerprint density at radius 2 is 1.27 bits per heavy atom. The second-order valence-corrected chi connectivity index (χ2v) is 23.6. The Kier molecular flexibility index (Phi) is 8.44. The Hall–Kier alpha value is -5.45. The van der Waals surface area contributed by atoms with E-state index in [1.54, 1.807) is 0 Å². The Labute approximate surface area is 332 Å². The van der Waals surface area contributed by atoms with Gasteiger partial charge in [0.25, 0.3) is 0 Å². The molecule has 0 bridgehead atoms. The number of benzene rings is 7. The summed E-state index contributed by atoms with van der Waals surface area (Å²) in [5.41, 5.74) is 12.5. The second-order valence-electron chi connectivity index (χ2n) is 18.5. The fourth-order valence-electron chi connectivity index (χ4n) is 8.73. The number of imidazole rings is 1. The van der Waals surface area contributed by atoms with E-state index in [-0.39, 0.29) is 5.41 Å². The van der Waals surface area contributed by atoms with Gasteiger partial charge in [0.2, 0.25) is 0 Å². The van der Waals surface area contributed by atoms with E-state index < -0.39 is 8.07 Å². The van der Waals surface area contributed by atoms with Crippen LogP contribution in [0.15, 0.2) is 126 Å². The Morgan fingerprint density at radius 3 is 1.95 bits per heavy atom. The van der Waals surface area contributed by atoms with Crippen molar-refractivity contribution in [2.45, 2.75) is 85.4 Å². The lowest BCUT2D eigenvalue weighted by Gasteiger charge is -2.28. The van der Waals surface area contributed by atoms with Crippen molar-refractivity contribution in [2.24, 2.45) is 0 Å². The van der Waals surface area contributed by atoms with Crippen LogP contribution in [0.2, 0.25) is 19.6 Å². The van der Waals surface area contributed by atoms with Gasteiger partial charge in [-0.1, -0.05) is 164 Å². The zero-order chi connectivity index (χ0) is 39.3. The number of fused-ring (bicyclic) bond motifs is 7. The van der Waals surface area contributed by atoms with E-state index in [4.69, 9.17) is 9.40 Å². The minimum Gasteiger partial charge on any atom is -0.455 e. The van der Waals surface area contributed by atoms with E-state index in [9.17, 15) is 0 Å². The number of rotatable bonds is 6. The first kappa shape index (κ1) is 36.2. The van der Waals surface area contributed by atoms with E-state index >= 15 is 0 Å². The highest BCUT2D eigenvalue weighted by atomic mass is 28.3. The average Bonchev–Trinajstić information content (AvgIpc) is 3.73. The molecular formula is C52H52N2OSi. The molecule has 0 saturated carbocycles. The minimum atomic E-state index is -1.64. The molecule has 56 heavy (non-hydrogen) atoms. The van der Waals surface area contributed by atoms with E-state index in [0.29, 0.717) is 11.8 Å². The van der Waals surface area contributed by atoms with Gasteiger partial charge in [0.05, 0.1) is 30.4 Å². The maximum absolute atomic E-state index is 7.02. The third kappa shape index (κ3) is 5.89. The molecule has 0 radical (unpaired) electrons. The lowest BCUT2D eigenvalue weighted by Crippen LogP contribution is -2.38. The van der Waals surface area contributed by atoms with Gasteiger partial charge in [-0.05, 0) is 96.9 Å². The quantitative estimate of drug-likeness (QED) is 0.125. The molecule has 3 nitrogen and oxygen atoms in total. The van der Waals surface area contributed by atoms with Crippen LogP contribution in [0, 0.1) is 0 Å². The molecule has 0 saturated heterocycles. The summed E-state index contributed by atoms with van der Waals surface area (Å²) in [4.78, 5) is 5.67. The van der Waals surface area contributed by atoms with Gasteiger partial charge in [-0.2, -0.15) is 0 Å². The summed E-state index contributed by atoms with van der Waals surface area (Å²) in [5.74, 6) is 1.52. The third-order valence-electron chi connectivity index (χ3n) is 11.8. The fraction of sp³-hybridized carbons (Fsp3) is 0.250. The van der Waals surface area contributed by atoms with Gasteiger partial charge >= 0.3 is 0 Å². The molecule has 0 amide bonds. The van der Waals surface area contributed by atoms with Crippen molar-refractivity contribution in [1.29, 1.82) is 0 Å². The van der Waals surface area contributed by atoms with Crippen molar-refractivity contribution in [3.63, 3.8) is 0 Å². The second kappa shape index (κ2) is 13.1. The Bertz CT molecular complexity index is 2960. The number of nitrogens with zero attached hydrogens (tertiary/aromatic N) is 2. The third-order valence-corrected chi connectivity index (χ3v) is 13.8. The van der Waals surface area contributed by atoms with Crippen molar-refractivity contribution in [3.05, 3.63) is 138 Å². The standard InChI is InChI=1S/C52H52N2OSi/c1-31(2)40-26-36(56(8,9)10)27-41(32(3)4)49(40)54-47-30-45(52(5,6)7)43(33-17-12-11-13-18-33)28-46(47)53-51(54)39-22-16-21-38-44-25-35-24-23-34-19-14-15-20-37(34)42(35)29-48(44)55-50(38)39/h11-32H,1-10H3. The van der Waals surface area contributed by atoms with Crippen molar-refractivity contribution in [1.82, 2.24) is 9.55 Å². The summed E-state index contributed by atoms with van der Waals surface area (Å²) in [6.45, 7) is 23.7. The van der Waals surface area contributed by atoms with Crippen LogP contribution in [0.5, 0.6) is 0 Å². The number of hydrogen-bond donors (Lipinski definition) is 0. The number of furan rings is 1. The predicted molar refractivity (Wildman–Crippen MR) is 244 cm³/mol. The van der Waals surface area contributed by atoms with E-state index in [1.165, 1.54) is 60.2 Å². The molecule has 0 unspecified atom stereocenters. The van der Waals surface area contributed by atoms with Gasteiger partial charge in [-0.25, -0.2) is 4.98 Å².